The van der Waals surface area contributed by atoms with Crippen molar-refractivity contribution in [3.05, 3.63) is 59.7 Å². The zero-order chi connectivity index (χ0) is 32.2. The maximum Gasteiger partial charge on any atom is 0.0988 e. The summed E-state index contributed by atoms with van der Waals surface area (Å²) in [5.74, 6) is 1.40. The molecule has 0 radical (unpaired) electrons. The van der Waals surface area contributed by atoms with Crippen molar-refractivity contribution in [2.45, 2.75) is 58.8 Å². The van der Waals surface area contributed by atoms with E-state index in [1.807, 2.05) is 40.1 Å². The highest BCUT2D eigenvalue weighted by Gasteiger charge is 2.16. The van der Waals surface area contributed by atoms with Crippen LogP contribution in [0.25, 0.3) is 0 Å². The van der Waals surface area contributed by atoms with E-state index in [1.54, 1.807) is 0 Å². The predicted octanol–water partition coefficient (Wildman–Crippen LogP) is 6.45. The highest BCUT2D eigenvalue weighted by atomic mass is 16.5. The molecule has 0 unspecified atom stereocenters. The Morgan fingerprint density at radius 3 is 1.64 bits per heavy atom. The van der Waals surface area contributed by atoms with Crippen LogP contribution in [0.2, 0.25) is 0 Å². The van der Waals surface area contributed by atoms with Gasteiger partial charge in [0.05, 0.1) is 19.0 Å². The van der Waals surface area contributed by atoms with E-state index in [0.717, 1.165) is 32.8 Å². The molecule has 4 aliphatic rings. The molecule has 0 amide bonds. The largest absolute Gasteiger partial charge is 0.379 e. The van der Waals surface area contributed by atoms with Gasteiger partial charge in [-0.25, -0.2) is 0 Å². The molecular formula is C37H64N6O. The molecule has 7 heteroatoms. The van der Waals surface area contributed by atoms with Crippen LogP contribution < -0.4 is 9.80 Å². The van der Waals surface area contributed by atoms with E-state index in [9.17, 15) is 0 Å². The number of anilines is 2. The van der Waals surface area contributed by atoms with Crippen LogP contribution in [-0.2, 0) is 4.74 Å². The number of morpholine rings is 1. The molecule has 2 aromatic rings. The quantitative estimate of drug-likeness (QED) is 0.390. The fourth-order valence-electron chi connectivity index (χ4n) is 5.17. The van der Waals surface area contributed by atoms with E-state index in [4.69, 9.17) is 4.74 Å². The summed E-state index contributed by atoms with van der Waals surface area (Å²) in [4.78, 5) is 15.9. The molecule has 248 valence electrons. The highest BCUT2D eigenvalue weighted by Crippen LogP contribution is 2.20. The van der Waals surface area contributed by atoms with Gasteiger partial charge in [0.2, 0.25) is 0 Å². The lowest BCUT2D eigenvalue weighted by atomic mass is 10.2. The van der Waals surface area contributed by atoms with Gasteiger partial charge in [-0.3, -0.25) is 4.99 Å². The zero-order valence-electron chi connectivity index (χ0n) is 29.5. The Balaban J connectivity index is 0.000000199. The Hall–Kier alpha value is -2.61. The highest BCUT2D eigenvalue weighted by molar-refractivity contribution is 5.83. The summed E-state index contributed by atoms with van der Waals surface area (Å²) >= 11 is 0. The average molecular weight is 609 g/mol. The van der Waals surface area contributed by atoms with Crippen molar-refractivity contribution in [3.8, 4) is 0 Å². The number of aryl methyl sites for hydroxylation is 2. The van der Waals surface area contributed by atoms with Gasteiger partial charge in [0, 0.05) is 77.7 Å². The second-order valence-corrected chi connectivity index (χ2v) is 13.0. The molecule has 3 saturated heterocycles. The van der Waals surface area contributed by atoms with Gasteiger partial charge in [-0.1, -0.05) is 41.8 Å². The Labute approximate surface area is 270 Å². The SMILES string of the molecule is C1CCC2=NCCCN2CC1.CN(C)C.CN1CCOCC1.Cc1ccc(N(C)C)cc1.Cc1ccc(N2CCCC2)cc1. The van der Waals surface area contributed by atoms with Crippen LogP contribution in [0.1, 0.15) is 56.1 Å². The molecule has 0 aromatic heterocycles. The Morgan fingerprint density at radius 1 is 0.614 bits per heavy atom. The number of hydrogen-bond acceptors (Lipinski definition) is 7. The number of likely N-dealkylation sites (N-methyl/N-ethyl adjacent to an activating group) is 1. The van der Waals surface area contributed by atoms with Gasteiger partial charge < -0.3 is 29.2 Å². The average Bonchev–Trinajstić information content (AvgIpc) is 3.44. The summed E-state index contributed by atoms with van der Waals surface area (Å²) < 4.78 is 5.10. The first-order valence-electron chi connectivity index (χ1n) is 16.9. The fourth-order valence-corrected chi connectivity index (χ4v) is 5.17. The lowest BCUT2D eigenvalue weighted by Crippen LogP contribution is -2.34. The van der Waals surface area contributed by atoms with Crippen molar-refractivity contribution in [1.29, 1.82) is 0 Å². The number of hydrogen-bond donors (Lipinski definition) is 0. The summed E-state index contributed by atoms with van der Waals surface area (Å²) in [5, 5.41) is 0. The second kappa shape index (κ2) is 22.0. The first-order valence-corrected chi connectivity index (χ1v) is 16.9. The zero-order valence-corrected chi connectivity index (χ0v) is 29.5. The van der Waals surface area contributed by atoms with Crippen LogP contribution in [0.4, 0.5) is 11.4 Å². The monoisotopic (exact) mass is 609 g/mol. The van der Waals surface area contributed by atoms with Crippen LogP contribution in [0.5, 0.6) is 0 Å². The molecular weight excluding hydrogens is 544 g/mol. The van der Waals surface area contributed by atoms with Crippen LogP contribution in [0.3, 0.4) is 0 Å². The molecule has 4 aliphatic heterocycles. The first-order chi connectivity index (χ1) is 21.2. The summed E-state index contributed by atoms with van der Waals surface area (Å²) in [5.41, 5.74) is 5.30. The third-order valence-corrected chi connectivity index (χ3v) is 7.86. The lowest BCUT2D eigenvalue weighted by molar-refractivity contribution is 0.0503. The molecule has 4 heterocycles. The summed E-state index contributed by atoms with van der Waals surface area (Å²) in [6.45, 7) is 14.3. The Morgan fingerprint density at radius 2 is 1.11 bits per heavy atom. The minimum absolute atomic E-state index is 0.913. The van der Waals surface area contributed by atoms with Gasteiger partial charge >= 0.3 is 0 Å². The molecule has 2 aromatic carbocycles. The first kappa shape index (κ1) is 37.6. The molecule has 0 aliphatic carbocycles. The molecule has 6 rings (SSSR count). The van der Waals surface area contributed by atoms with Crippen LogP contribution in [-0.4, -0.2) is 122 Å². The minimum atomic E-state index is 0.913. The number of fused-ring (bicyclic) bond motifs is 1. The number of ether oxygens (including phenoxy) is 1. The summed E-state index contributed by atoms with van der Waals surface area (Å²) in [6.07, 6.45) is 9.34. The summed E-state index contributed by atoms with van der Waals surface area (Å²) in [7, 11) is 12.2. The third-order valence-electron chi connectivity index (χ3n) is 7.86. The van der Waals surface area contributed by atoms with Crippen LogP contribution in [0, 0.1) is 13.8 Å². The molecule has 7 nitrogen and oxygen atoms in total. The standard InChI is InChI=1S/C11H15N.C9H16N2.C9H13N.C5H11NO.C3H9N/c1-10-4-6-11(7-5-10)12-8-2-3-9-12;1-2-5-9-10-6-4-8-11(9)7-3-1;1-8-4-6-9(7-5-8)10(2)3;1-6-2-4-7-5-3-6;1-4(2)3/h4-7H,2-3,8-9H2,1H3;1-8H2;4-7H,1-3H3;2-5H2,1H3;1-3H3. The lowest BCUT2D eigenvalue weighted by Gasteiger charge is -2.27. The van der Waals surface area contributed by atoms with Gasteiger partial charge in [0.1, 0.15) is 0 Å². The molecule has 0 saturated carbocycles. The maximum absolute atomic E-state index is 5.10. The predicted molar refractivity (Wildman–Crippen MR) is 193 cm³/mol. The third kappa shape index (κ3) is 16.5. The molecule has 0 N–H and O–H groups in total. The van der Waals surface area contributed by atoms with E-state index in [1.165, 1.54) is 99.5 Å². The van der Waals surface area contributed by atoms with Gasteiger partial charge in [-0.2, -0.15) is 0 Å². The number of amidine groups is 1. The van der Waals surface area contributed by atoms with Crippen molar-refractivity contribution >= 4 is 17.2 Å². The second-order valence-electron chi connectivity index (χ2n) is 13.0. The molecule has 0 spiro atoms. The summed E-state index contributed by atoms with van der Waals surface area (Å²) in [6, 6.07) is 17.3. The van der Waals surface area contributed by atoms with E-state index < -0.39 is 0 Å². The number of aliphatic imine (C=N–C) groups is 1. The normalized spacial score (nSPS) is 18.0. The molecule has 0 atom stereocenters. The van der Waals surface area contributed by atoms with Crippen LogP contribution >= 0.6 is 0 Å². The fraction of sp³-hybridized carbons (Fsp3) is 0.649. The van der Waals surface area contributed by atoms with Crippen molar-refractivity contribution in [3.63, 3.8) is 0 Å². The van der Waals surface area contributed by atoms with E-state index in [-0.39, 0.29) is 0 Å². The van der Waals surface area contributed by atoms with Gasteiger partial charge in [-0.05, 0) is 98.4 Å². The van der Waals surface area contributed by atoms with Crippen LogP contribution in [0.15, 0.2) is 53.5 Å². The van der Waals surface area contributed by atoms with Crippen molar-refractivity contribution < 1.29 is 4.74 Å². The van der Waals surface area contributed by atoms with Gasteiger partial charge in [0.25, 0.3) is 0 Å². The van der Waals surface area contributed by atoms with E-state index in [0.29, 0.717) is 0 Å². The number of rotatable bonds is 2. The number of benzene rings is 2. The smallest absolute Gasteiger partial charge is 0.0988 e. The Bertz CT molecular complexity index is 1010. The Kier molecular flexibility index (Phi) is 18.8. The minimum Gasteiger partial charge on any atom is -0.379 e. The van der Waals surface area contributed by atoms with Gasteiger partial charge in [0.15, 0.2) is 0 Å². The van der Waals surface area contributed by atoms with Crippen molar-refractivity contribution in [2.75, 3.05) is 111 Å². The molecule has 0 bridgehead atoms. The number of nitrogens with zero attached hydrogens (tertiary/aromatic N) is 6. The topological polar surface area (TPSA) is 37.8 Å². The maximum atomic E-state index is 5.10. The van der Waals surface area contributed by atoms with Crippen molar-refractivity contribution in [1.82, 2.24) is 14.7 Å². The molecule has 3 fully saturated rings. The van der Waals surface area contributed by atoms with E-state index >= 15 is 0 Å². The van der Waals surface area contributed by atoms with E-state index in [2.05, 4.69) is 94.0 Å². The molecule has 44 heavy (non-hydrogen) atoms. The van der Waals surface area contributed by atoms with Gasteiger partial charge in [-0.15, -0.1) is 0 Å². The van der Waals surface area contributed by atoms with Crippen molar-refractivity contribution in [2.24, 2.45) is 4.99 Å².